The maximum absolute atomic E-state index is 5.81. The van der Waals surface area contributed by atoms with Crippen LogP contribution >= 0.6 is 15.9 Å². The summed E-state index contributed by atoms with van der Waals surface area (Å²) in [5.74, 6) is 0.958. The first-order chi connectivity index (χ1) is 10.2. The summed E-state index contributed by atoms with van der Waals surface area (Å²) >= 11 is 3.47. The zero-order valence-electron chi connectivity index (χ0n) is 13.1. The molecule has 0 N–H and O–H groups in total. The van der Waals surface area contributed by atoms with Gasteiger partial charge in [-0.2, -0.15) is 0 Å². The lowest BCUT2D eigenvalue weighted by molar-refractivity contribution is 0.0179. The number of aryl methyl sites for hydroxylation is 2. The molecule has 21 heavy (non-hydrogen) atoms. The Kier molecular flexibility index (Phi) is 9.67. The van der Waals surface area contributed by atoms with E-state index in [1.807, 2.05) is 0 Å². The molecule has 0 atom stereocenters. The number of rotatable bonds is 11. The number of benzene rings is 1. The van der Waals surface area contributed by atoms with Crippen LogP contribution in [-0.4, -0.2) is 46.8 Å². The second-order valence-corrected chi connectivity index (χ2v) is 5.32. The summed E-state index contributed by atoms with van der Waals surface area (Å²) in [4.78, 5) is 0. The maximum atomic E-state index is 5.81. The van der Waals surface area contributed by atoms with Gasteiger partial charge in [0, 0.05) is 12.4 Å². The average Bonchev–Trinajstić information content (AvgIpc) is 2.47. The fraction of sp³-hybridized carbons (Fsp3) is 0.625. The molecule has 4 nitrogen and oxygen atoms in total. The van der Waals surface area contributed by atoms with Gasteiger partial charge in [-0.05, 0) is 30.5 Å². The maximum Gasteiger partial charge on any atom is 0.125 e. The molecule has 0 amide bonds. The molecule has 120 valence electrons. The molecule has 0 radical (unpaired) electrons. The fourth-order valence-electron chi connectivity index (χ4n) is 2.01. The van der Waals surface area contributed by atoms with Crippen molar-refractivity contribution in [3.8, 4) is 5.75 Å². The SMILES string of the molecule is COCCOCCOCCOc1c(C)cc(CBr)cc1C. The quantitative estimate of drug-likeness (QED) is 0.448. The van der Waals surface area contributed by atoms with E-state index < -0.39 is 0 Å². The van der Waals surface area contributed by atoms with Crippen molar-refractivity contribution in [1.29, 1.82) is 0 Å². The van der Waals surface area contributed by atoms with E-state index in [9.17, 15) is 0 Å². The number of ether oxygens (including phenoxy) is 4. The highest BCUT2D eigenvalue weighted by molar-refractivity contribution is 9.08. The van der Waals surface area contributed by atoms with Gasteiger partial charge in [0.1, 0.15) is 12.4 Å². The molecule has 0 fully saturated rings. The highest BCUT2D eigenvalue weighted by Gasteiger charge is 2.06. The summed E-state index contributed by atoms with van der Waals surface area (Å²) in [6.07, 6.45) is 0. The van der Waals surface area contributed by atoms with Crippen molar-refractivity contribution in [2.75, 3.05) is 46.8 Å². The molecule has 5 heteroatoms. The fourth-order valence-corrected chi connectivity index (χ4v) is 2.34. The van der Waals surface area contributed by atoms with E-state index >= 15 is 0 Å². The standard InChI is InChI=1S/C16H25BrO4/c1-13-10-15(12-17)11-14(2)16(13)21-9-8-20-7-6-19-5-4-18-3/h10-11H,4-9,12H2,1-3H3. The first-order valence-corrected chi connectivity index (χ1v) is 8.24. The largest absolute Gasteiger partial charge is 0.491 e. The van der Waals surface area contributed by atoms with Crippen molar-refractivity contribution < 1.29 is 18.9 Å². The molecule has 0 aliphatic heterocycles. The van der Waals surface area contributed by atoms with Crippen molar-refractivity contribution in [2.24, 2.45) is 0 Å². The Morgan fingerprint density at radius 2 is 1.38 bits per heavy atom. The molecular formula is C16H25BrO4. The van der Waals surface area contributed by atoms with Gasteiger partial charge in [-0.15, -0.1) is 0 Å². The Bertz CT molecular complexity index is 386. The number of methoxy groups -OCH3 is 1. The third-order valence-electron chi connectivity index (χ3n) is 2.95. The molecule has 1 aromatic rings. The summed E-state index contributed by atoms with van der Waals surface area (Å²) in [7, 11) is 1.66. The molecule has 0 aliphatic carbocycles. The number of alkyl halides is 1. The van der Waals surface area contributed by atoms with Crippen LogP contribution in [0.1, 0.15) is 16.7 Å². The van der Waals surface area contributed by atoms with Gasteiger partial charge in [-0.25, -0.2) is 0 Å². The van der Waals surface area contributed by atoms with Gasteiger partial charge in [0.25, 0.3) is 0 Å². The number of hydrogen-bond donors (Lipinski definition) is 0. The topological polar surface area (TPSA) is 36.9 Å². The van der Waals surface area contributed by atoms with Gasteiger partial charge in [0.15, 0.2) is 0 Å². The van der Waals surface area contributed by atoms with Gasteiger partial charge >= 0.3 is 0 Å². The number of hydrogen-bond acceptors (Lipinski definition) is 4. The van der Waals surface area contributed by atoms with Crippen LogP contribution in [0.25, 0.3) is 0 Å². The molecule has 0 saturated heterocycles. The zero-order valence-corrected chi connectivity index (χ0v) is 14.7. The van der Waals surface area contributed by atoms with E-state index in [4.69, 9.17) is 18.9 Å². The average molecular weight is 361 g/mol. The van der Waals surface area contributed by atoms with Crippen molar-refractivity contribution in [3.63, 3.8) is 0 Å². The Morgan fingerprint density at radius 3 is 1.90 bits per heavy atom. The molecule has 0 aromatic heterocycles. The Balaban J connectivity index is 2.18. The minimum Gasteiger partial charge on any atom is -0.491 e. The monoisotopic (exact) mass is 360 g/mol. The smallest absolute Gasteiger partial charge is 0.125 e. The first kappa shape index (κ1) is 18.4. The van der Waals surface area contributed by atoms with Crippen molar-refractivity contribution in [1.82, 2.24) is 0 Å². The summed E-state index contributed by atoms with van der Waals surface area (Å²) in [5.41, 5.74) is 3.58. The third kappa shape index (κ3) is 7.27. The summed E-state index contributed by atoms with van der Waals surface area (Å²) in [6, 6.07) is 4.28. The number of halogens is 1. The van der Waals surface area contributed by atoms with Crippen LogP contribution in [0, 0.1) is 13.8 Å². The van der Waals surface area contributed by atoms with E-state index in [-0.39, 0.29) is 0 Å². The molecule has 0 saturated carbocycles. The lowest BCUT2D eigenvalue weighted by Gasteiger charge is -2.13. The summed E-state index contributed by atoms with van der Waals surface area (Å²) < 4.78 is 21.5. The van der Waals surface area contributed by atoms with Gasteiger partial charge in [-0.3, -0.25) is 0 Å². The van der Waals surface area contributed by atoms with E-state index in [0.717, 1.165) is 22.2 Å². The van der Waals surface area contributed by atoms with Gasteiger partial charge in [0.05, 0.1) is 33.0 Å². The highest BCUT2D eigenvalue weighted by atomic mass is 79.9. The van der Waals surface area contributed by atoms with Gasteiger partial charge < -0.3 is 18.9 Å². The third-order valence-corrected chi connectivity index (χ3v) is 3.60. The van der Waals surface area contributed by atoms with E-state index in [0.29, 0.717) is 39.6 Å². The Hall–Kier alpha value is -0.620. The molecule has 0 heterocycles. The van der Waals surface area contributed by atoms with E-state index in [1.54, 1.807) is 7.11 Å². The summed E-state index contributed by atoms with van der Waals surface area (Å²) in [5, 5.41) is 0.862. The normalized spacial score (nSPS) is 10.9. The second kappa shape index (κ2) is 11.0. The molecular weight excluding hydrogens is 336 g/mol. The minimum atomic E-state index is 0.549. The minimum absolute atomic E-state index is 0.549. The lowest BCUT2D eigenvalue weighted by Crippen LogP contribution is -2.13. The van der Waals surface area contributed by atoms with Crippen molar-refractivity contribution in [3.05, 3.63) is 28.8 Å². The summed E-state index contributed by atoms with van der Waals surface area (Å²) in [6.45, 7) is 7.63. The Morgan fingerprint density at radius 1 is 0.857 bits per heavy atom. The van der Waals surface area contributed by atoms with E-state index in [2.05, 4.69) is 41.9 Å². The van der Waals surface area contributed by atoms with Crippen LogP contribution in [0.15, 0.2) is 12.1 Å². The van der Waals surface area contributed by atoms with Crippen LogP contribution in [0.2, 0.25) is 0 Å². The molecule has 0 spiro atoms. The molecule has 1 aromatic carbocycles. The second-order valence-electron chi connectivity index (χ2n) is 4.76. The molecule has 0 unspecified atom stereocenters. The van der Waals surface area contributed by atoms with Crippen molar-refractivity contribution >= 4 is 15.9 Å². The van der Waals surface area contributed by atoms with Crippen LogP contribution in [0.4, 0.5) is 0 Å². The molecule has 0 bridgehead atoms. The predicted molar refractivity (Wildman–Crippen MR) is 87.6 cm³/mol. The van der Waals surface area contributed by atoms with Crippen LogP contribution in [0.3, 0.4) is 0 Å². The lowest BCUT2D eigenvalue weighted by atomic mass is 10.1. The van der Waals surface area contributed by atoms with Crippen LogP contribution in [-0.2, 0) is 19.5 Å². The van der Waals surface area contributed by atoms with Crippen molar-refractivity contribution in [2.45, 2.75) is 19.2 Å². The predicted octanol–water partition coefficient (Wildman–Crippen LogP) is 3.26. The van der Waals surface area contributed by atoms with E-state index in [1.165, 1.54) is 5.56 Å². The Labute approximate surface area is 135 Å². The zero-order chi connectivity index (χ0) is 15.5. The molecule has 1 rings (SSSR count). The van der Waals surface area contributed by atoms with Crippen LogP contribution in [0.5, 0.6) is 5.75 Å². The van der Waals surface area contributed by atoms with Crippen LogP contribution < -0.4 is 4.74 Å². The first-order valence-electron chi connectivity index (χ1n) is 7.12. The highest BCUT2D eigenvalue weighted by Crippen LogP contribution is 2.25. The molecule has 0 aliphatic rings. The van der Waals surface area contributed by atoms with Gasteiger partial charge in [-0.1, -0.05) is 28.1 Å². The van der Waals surface area contributed by atoms with Gasteiger partial charge in [0.2, 0.25) is 0 Å².